The first-order valence-electron chi connectivity index (χ1n) is 7.40. The first-order chi connectivity index (χ1) is 10.2. The van der Waals surface area contributed by atoms with E-state index in [2.05, 4.69) is 17.4 Å². The second-order valence-electron chi connectivity index (χ2n) is 5.79. The van der Waals surface area contributed by atoms with E-state index in [0.717, 1.165) is 30.9 Å². The molecule has 2 fully saturated rings. The van der Waals surface area contributed by atoms with Crippen LogP contribution >= 0.6 is 0 Å². The summed E-state index contributed by atoms with van der Waals surface area (Å²) in [6, 6.07) is 6.27. The summed E-state index contributed by atoms with van der Waals surface area (Å²) < 4.78 is 10.9. The molecule has 0 spiro atoms. The monoisotopic (exact) mass is 291 g/mol. The Morgan fingerprint density at radius 1 is 1.48 bits per heavy atom. The minimum absolute atomic E-state index is 0.0447. The maximum atomic E-state index is 11.1. The van der Waals surface area contributed by atoms with Gasteiger partial charge in [-0.2, -0.15) is 0 Å². The molecule has 114 valence electrons. The van der Waals surface area contributed by atoms with Gasteiger partial charge in [0.1, 0.15) is 5.75 Å². The highest BCUT2D eigenvalue weighted by molar-refractivity contribution is 5.71. The smallest absolute Gasteiger partial charge is 0.307 e. The molecule has 3 rings (SSSR count). The topological polar surface area (TPSA) is 67.8 Å². The number of rotatable bonds is 4. The van der Waals surface area contributed by atoms with Gasteiger partial charge in [-0.1, -0.05) is 12.1 Å². The number of aliphatic carboxylic acids is 1. The lowest BCUT2D eigenvalue weighted by Crippen LogP contribution is -2.17. The van der Waals surface area contributed by atoms with Crippen molar-refractivity contribution in [1.82, 2.24) is 5.32 Å². The molecule has 0 radical (unpaired) electrons. The van der Waals surface area contributed by atoms with E-state index >= 15 is 0 Å². The van der Waals surface area contributed by atoms with Crippen molar-refractivity contribution in [2.24, 2.45) is 5.92 Å². The first kappa shape index (κ1) is 14.4. The lowest BCUT2D eigenvalue weighted by atomic mass is 9.92. The number of hydrogen-bond acceptors (Lipinski definition) is 4. The number of carboxylic acids is 1. The number of benzene rings is 1. The predicted octanol–water partition coefficient (Wildman–Crippen LogP) is 1.93. The Kier molecular flexibility index (Phi) is 4.12. The molecule has 2 saturated heterocycles. The first-order valence-corrected chi connectivity index (χ1v) is 7.40. The van der Waals surface area contributed by atoms with Crippen LogP contribution in [0.2, 0.25) is 0 Å². The number of carboxylic acid groups (broad SMARTS) is 1. The number of nitrogens with one attached hydrogen (secondary N) is 1. The van der Waals surface area contributed by atoms with Crippen molar-refractivity contribution in [2.75, 3.05) is 26.9 Å². The Balaban J connectivity index is 1.85. The zero-order chi connectivity index (χ0) is 14.8. The zero-order valence-electron chi connectivity index (χ0n) is 12.2. The third-order valence-corrected chi connectivity index (χ3v) is 4.51. The molecule has 21 heavy (non-hydrogen) atoms. The Labute approximate surface area is 124 Å². The highest BCUT2D eigenvalue weighted by Gasteiger charge is 2.32. The van der Waals surface area contributed by atoms with Crippen LogP contribution in [0.3, 0.4) is 0 Å². The molecule has 0 bridgehead atoms. The van der Waals surface area contributed by atoms with E-state index < -0.39 is 5.97 Å². The summed E-state index contributed by atoms with van der Waals surface area (Å²) in [5, 5.41) is 12.4. The van der Waals surface area contributed by atoms with Crippen LogP contribution < -0.4 is 10.1 Å². The fraction of sp³-hybridized carbons (Fsp3) is 0.562. The summed E-state index contributed by atoms with van der Waals surface area (Å²) in [7, 11) is 1.65. The van der Waals surface area contributed by atoms with E-state index in [1.54, 1.807) is 7.11 Å². The van der Waals surface area contributed by atoms with Gasteiger partial charge in [0, 0.05) is 30.7 Å². The molecule has 0 saturated carbocycles. The molecule has 2 aliphatic heterocycles. The minimum Gasteiger partial charge on any atom is -0.496 e. The molecular formula is C16H21NO4. The second-order valence-corrected chi connectivity index (χ2v) is 5.79. The van der Waals surface area contributed by atoms with Crippen LogP contribution in [0, 0.1) is 5.92 Å². The van der Waals surface area contributed by atoms with E-state index in [4.69, 9.17) is 14.6 Å². The second kappa shape index (κ2) is 6.03. The van der Waals surface area contributed by atoms with Gasteiger partial charge < -0.3 is 19.9 Å². The predicted molar refractivity (Wildman–Crippen MR) is 77.7 cm³/mol. The Morgan fingerprint density at radius 3 is 2.95 bits per heavy atom. The third kappa shape index (κ3) is 2.89. The van der Waals surface area contributed by atoms with Crippen LogP contribution in [-0.4, -0.2) is 37.9 Å². The van der Waals surface area contributed by atoms with Crippen molar-refractivity contribution in [3.8, 4) is 5.75 Å². The standard InChI is InChI=1S/C16H21NO4/c1-20-15-3-2-10(11-4-5-21-9-11)6-13(15)14-7-12(8-17-14)16(18)19/h2-3,6,11-12,14,17H,4-5,7-9H2,1H3,(H,18,19). The van der Waals surface area contributed by atoms with Gasteiger partial charge in [0.25, 0.3) is 0 Å². The number of ether oxygens (including phenoxy) is 2. The zero-order valence-corrected chi connectivity index (χ0v) is 12.2. The quantitative estimate of drug-likeness (QED) is 0.887. The molecule has 2 aliphatic rings. The van der Waals surface area contributed by atoms with Gasteiger partial charge in [0.15, 0.2) is 0 Å². The fourth-order valence-corrected chi connectivity index (χ4v) is 3.24. The van der Waals surface area contributed by atoms with Crippen molar-refractivity contribution in [1.29, 1.82) is 0 Å². The molecule has 1 aromatic carbocycles. The van der Waals surface area contributed by atoms with Crippen molar-refractivity contribution in [3.05, 3.63) is 29.3 Å². The van der Waals surface area contributed by atoms with E-state index in [1.807, 2.05) is 6.07 Å². The average molecular weight is 291 g/mol. The van der Waals surface area contributed by atoms with Crippen LogP contribution in [0.4, 0.5) is 0 Å². The van der Waals surface area contributed by atoms with Crippen molar-refractivity contribution >= 4 is 5.97 Å². The number of hydrogen-bond donors (Lipinski definition) is 2. The summed E-state index contributed by atoms with van der Waals surface area (Å²) in [5.74, 6) is 0.204. The van der Waals surface area contributed by atoms with Crippen molar-refractivity contribution in [3.63, 3.8) is 0 Å². The molecule has 0 amide bonds. The molecule has 2 N–H and O–H groups in total. The van der Waals surface area contributed by atoms with Crippen LogP contribution in [0.15, 0.2) is 18.2 Å². The lowest BCUT2D eigenvalue weighted by molar-refractivity contribution is -0.141. The van der Waals surface area contributed by atoms with Gasteiger partial charge >= 0.3 is 5.97 Å². The Morgan fingerprint density at radius 2 is 2.33 bits per heavy atom. The van der Waals surface area contributed by atoms with E-state index in [-0.39, 0.29) is 12.0 Å². The van der Waals surface area contributed by atoms with E-state index in [9.17, 15) is 4.79 Å². The van der Waals surface area contributed by atoms with Crippen LogP contribution in [-0.2, 0) is 9.53 Å². The van der Waals surface area contributed by atoms with Crippen LogP contribution in [0.5, 0.6) is 5.75 Å². The molecule has 5 heteroatoms. The third-order valence-electron chi connectivity index (χ3n) is 4.51. The summed E-state index contributed by atoms with van der Waals surface area (Å²) in [6.45, 7) is 2.09. The normalized spacial score (nSPS) is 28.7. The molecule has 5 nitrogen and oxygen atoms in total. The van der Waals surface area contributed by atoms with Gasteiger partial charge in [-0.3, -0.25) is 4.79 Å². The van der Waals surface area contributed by atoms with Gasteiger partial charge in [-0.05, 0) is 24.5 Å². The van der Waals surface area contributed by atoms with Gasteiger partial charge in [-0.25, -0.2) is 0 Å². The van der Waals surface area contributed by atoms with Crippen LogP contribution in [0.1, 0.15) is 35.9 Å². The summed E-state index contributed by atoms with van der Waals surface area (Å²) in [6.07, 6.45) is 1.65. The SMILES string of the molecule is COc1ccc(C2CCOC2)cc1C1CC(C(=O)O)CN1. The summed E-state index contributed by atoms with van der Waals surface area (Å²) in [5.41, 5.74) is 2.31. The van der Waals surface area contributed by atoms with Crippen molar-refractivity contribution < 1.29 is 19.4 Å². The summed E-state index contributed by atoms with van der Waals surface area (Å²) in [4.78, 5) is 11.1. The molecule has 1 aromatic rings. The number of carbonyl (C=O) groups is 1. The van der Waals surface area contributed by atoms with Gasteiger partial charge in [0.2, 0.25) is 0 Å². The highest BCUT2D eigenvalue weighted by Crippen LogP contribution is 2.36. The molecule has 3 atom stereocenters. The Bertz CT molecular complexity index is 525. The average Bonchev–Trinajstić information content (AvgIpc) is 3.18. The molecule has 2 heterocycles. The Hall–Kier alpha value is -1.59. The minimum atomic E-state index is -0.732. The molecule has 3 unspecified atom stereocenters. The fourth-order valence-electron chi connectivity index (χ4n) is 3.24. The van der Waals surface area contributed by atoms with E-state index in [0.29, 0.717) is 18.9 Å². The van der Waals surface area contributed by atoms with Gasteiger partial charge in [0.05, 0.1) is 19.6 Å². The van der Waals surface area contributed by atoms with Gasteiger partial charge in [-0.15, -0.1) is 0 Å². The van der Waals surface area contributed by atoms with Crippen molar-refractivity contribution in [2.45, 2.75) is 24.8 Å². The largest absolute Gasteiger partial charge is 0.496 e. The number of methoxy groups -OCH3 is 1. The van der Waals surface area contributed by atoms with Crippen LogP contribution in [0.25, 0.3) is 0 Å². The molecule has 0 aliphatic carbocycles. The summed E-state index contributed by atoms with van der Waals surface area (Å²) >= 11 is 0. The highest BCUT2D eigenvalue weighted by atomic mass is 16.5. The molecular weight excluding hydrogens is 270 g/mol. The van der Waals surface area contributed by atoms with E-state index in [1.165, 1.54) is 5.56 Å². The maximum absolute atomic E-state index is 11.1. The maximum Gasteiger partial charge on any atom is 0.307 e. The lowest BCUT2D eigenvalue weighted by Gasteiger charge is -2.18. The molecule has 0 aromatic heterocycles.